The van der Waals surface area contributed by atoms with Gasteiger partial charge in [-0.3, -0.25) is 4.79 Å². The molecule has 0 unspecified atom stereocenters. The first-order chi connectivity index (χ1) is 13.6. The Labute approximate surface area is 176 Å². The summed E-state index contributed by atoms with van der Waals surface area (Å²) in [4.78, 5) is 14.3. The van der Waals surface area contributed by atoms with E-state index in [4.69, 9.17) is 16.9 Å². The molecule has 0 aromatic heterocycles. The van der Waals surface area contributed by atoms with Gasteiger partial charge < -0.3 is 10.2 Å². The van der Waals surface area contributed by atoms with Crippen LogP contribution in [0, 0.1) is 11.3 Å². The second-order valence-electron chi connectivity index (χ2n) is 6.78. The van der Waals surface area contributed by atoms with Gasteiger partial charge in [0.25, 0.3) is 0 Å². The molecule has 29 heavy (non-hydrogen) atoms. The minimum absolute atomic E-state index is 0.0525. The van der Waals surface area contributed by atoms with E-state index in [9.17, 15) is 13.2 Å². The molecule has 9 heteroatoms. The molecule has 0 aliphatic rings. The number of nitriles is 1. The van der Waals surface area contributed by atoms with Crippen molar-refractivity contribution in [3.63, 3.8) is 0 Å². The number of amides is 1. The maximum absolute atomic E-state index is 12.3. The van der Waals surface area contributed by atoms with Gasteiger partial charge in [0, 0.05) is 33.6 Å². The number of nitrogens with one attached hydrogen (secondary N) is 1. The van der Waals surface area contributed by atoms with E-state index in [2.05, 4.69) is 11.4 Å². The first-order valence-corrected chi connectivity index (χ1v) is 10.6. The van der Waals surface area contributed by atoms with Crippen molar-refractivity contribution in [2.45, 2.75) is 17.9 Å². The molecule has 0 heterocycles. The molecule has 0 fully saturated rings. The number of nitrogens with zero attached hydrogens (tertiary/aromatic N) is 3. The fraction of sp³-hybridized carbons (Fsp3) is 0.300. The fourth-order valence-corrected chi connectivity index (χ4v) is 3.70. The summed E-state index contributed by atoms with van der Waals surface area (Å²) < 4.78 is 25.6. The monoisotopic (exact) mass is 434 g/mol. The third-order valence-electron chi connectivity index (χ3n) is 4.22. The van der Waals surface area contributed by atoms with Crippen LogP contribution in [0.4, 0.5) is 5.69 Å². The standard InChI is InChI=1S/C20H23ClN4O3S/c1-24(2)29(27,28)17-7-8-18(21)19(12-17)23-20(26)9-10-25(3)14-16-6-4-5-15(11-16)13-22/h4-8,11-12H,9-10,14H2,1-3H3,(H,23,26). The zero-order valence-corrected chi connectivity index (χ0v) is 18.1. The van der Waals surface area contributed by atoms with Crippen molar-refractivity contribution in [1.82, 2.24) is 9.21 Å². The Morgan fingerprint density at radius 3 is 2.55 bits per heavy atom. The van der Waals surface area contributed by atoms with Gasteiger partial charge in [0.15, 0.2) is 0 Å². The number of halogens is 1. The Morgan fingerprint density at radius 2 is 1.90 bits per heavy atom. The average Bonchev–Trinajstić information content (AvgIpc) is 2.68. The predicted molar refractivity (Wildman–Crippen MR) is 113 cm³/mol. The number of carbonyl (C=O) groups excluding carboxylic acids is 1. The Bertz CT molecular complexity index is 1030. The summed E-state index contributed by atoms with van der Waals surface area (Å²) in [6.45, 7) is 1.08. The molecule has 0 atom stereocenters. The van der Waals surface area contributed by atoms with Crippen LogP contribution in [0.2, 0.25) is 5.02 Å². The van der Waals surface area contributed by atoms with Crippen LogP contribution >= 0.6 is 11.6 Å². The molecular weight excluding hydrogens is 412 g/mol. The van der Waals surface area contributed by atoms with Gasteiger partial charge in [-0.15, -0.1) is 0 Å². The van der Waals surface area contributed by atoms with Gasteiger partial charge in [0.05, 0.1) is 27.2 Å². The molecule has 0 aliphatic heterocycles. The zero-order valence-electron chi connectivity index (χ0n) is 16.5. The van der Waals surface area contributed by atoms with Crippen molar-refractivity contribution < 1.29 is 13.2 Å². The van der Waals surface area contributed by atoms with Crippen molar-refractivity contribution in [2.75, 3.05) is 33.0 Å². The molecule has 0 saturated carbocycles. The molecule has 154 valence electrons. The highest BCUT2D eigenvalue weighted by Crippen LogP contribution is 2.26. The fourth-order valence-electron chi connectivity index (χ4n) is 2.61. The molecule has 0 radical (unpaired) electrons. The maximum atomic E-state index is 12.3. The number of hydrogen-bond acceptors (Lipinski definition) is 5. The van der Waals surface area contributed by atoms with Crippen LogP contribution in [0.3, 0.4) is 0 Å². The Kier molecular flexibility index (Phi) is 7.76. The van der Waals surface area contributed by atoms with Crippen LogP contribution in [0.5, 0.6) is 0 Å². The lowest BCUT2D eigenvalue weighted by Gasteiger charge is -2.17. The van der Waals surface area contributed by atoms with Gasteiger partial charge in [-0.1, -0.05) is 23.7 Å². The normalized spacial score (nSPS) is 11.5. The van der Waals surface area contributed by atoms with Crippen LogP contribution in [-0.4, -0.2) is 51.2 Å². The third-order valence-corrected chi connectivity index (χ3v) is 6.36. The molecule has 7 nitrogen and oxygen atoms in total. The second-order valence-corrected chi connectivity index (χ2v) is 9.34. The second kappa shape index (κ2) is 9.85. The Balaban J connectivity index is 1.97. The number of sulfonamides is 1. The quantitative estimate of drug-likeness (QED) is 0.689. The van der Waals surface area contributed by atoms with Crippen molar-refractivity contribution in [3.8, 4) is 6.07 Å². The van der Waals surface area contributed by atoms with Crippen LogP contribution in [0.1, 0.15) is 17.5 Å². The van der Waals surface area contributed by atoms with Gasteiger partial charge in [0.1, 0.15) is 0 Å². The van der Waals surface area contributed by atoms with E-state index in [1.165, 1.54) is 32.3 Å². The molecule has 1 amide bonds. The topological polar surface area (TPSA) is 93.5 Å². The summed E-state index contributed by atoms with van der Waals surface area (Å²) in [7, 11) is 1.12. The van der Waals surface area contributed by atoms with Crippen LogP contribution in [-0.2, 0) is 21.4 Å². The number of benzene rings is 2. The lowest BCUT2D eigenvalue weighted by molar-refractivity contribution is -0.116. The molecule has 1 N–H and O–H groups in total. The third kappa shape index (κ3) is 6.27. The van der Waals surface area contributed by atoms with Crippen molar-refractivity contribution in [2.24, 2.45) is 0 Å². The summed E-state index contributed by atoms with van der Waals surface area (Å²) in [5, 5.41) is 11.9. The first-order valence-electron chi connectivity index (χ1n) is 8.83. The predicted octanol–water partition coefficient (Wildman–Crippen LogP) is 2.92. The minimum atomic E-state index is -3.63. The van der Waals surface area contributed by atoms with Gasteiger partial charge >= 0.3 is 0 Å². The van der Waals surface area contributed by atoms with Crippen molar-refractivity contribution in [3.05, 3.63) is 58.6 Å². The van der Waals surface area contributed by atoms with E-state index in [0.29, 0.717) is 18.7 Å². The van der Waals surface area contributed by atoms with Crippen molar-refractivity contribution in [1.29, 1.82) is 5.26 Å². The van der Waals surface area contributed by atoms with Gasteiger partial charge in [-0.25, -0.2) is 12.7 Å². The Morgan fingerprint density at radius 1 is 1.17 bits per heavy atom. The van der Waals surface area contributed by atoms with Crippen molar-refractivity contribution >= 4 is 33.2 Å². The first kappa shape index (κ1) is 22.8. The molecule has 2 rings (SSSR count). The highest BCUT2D eigenvalue weighted by Gasteiger charge is 2.19. The molecule has 0 bridgehead atoms. The van der Waals surface area contributed by atoms with E-state index in [-0.39, 0.29) is 27.9 Å². The average molecular weight is 435 g/mol. The largest absolute Gasteiger partial charge is 0.325 e. The molecule has 2 aromatic rings. The molecular formula is C20H23ClN4O3S. The summed E-state index contributed by atoms with van der Waals surface area (Å²) in [6, 6.07) is 13.6. The summed E-state index contributed by atoms with van der Waals surface area (Å²) in [5.41, 5.74) is 1.83. The maximum Gasteiger partial charge on any atom is 0.242 e. The van der Waals surface area contributed by atoms with Crippen LogP contribution in [0.15, 0.2) is 47.4 Å². The van der Waals surface area contributed by atoms with Crippen LogP contribution in [0.25, 0.3) is 0 Å². The number of hydrogen-bond donors (Lipinski definition) is 1. The van der Waals surface area contributed by atoms with Gasteiger partial charge in [-0.05, 0) is 42.9 Å². The number of rotatable bonds is 8. The molecule has 0 spiro atoms. The molecule has 0 saturated heterocycles. The summed E-state index contributed by atoms with van der Waals surface area (Å²) in [5.74, 6) is -0.274. The molecule has 2 aromatic carbocycles. The summed E-state index contributed by atoms with van der Waals surface area (Å²) in [6.07, 6.45) is 0.204. The highest BCUT2D eigenvalue weighted by atomic mass is 35.5. The Hall–Kier alpha value is -2.44. The number of carbonyl (C=O) groups is 1. The highest BCUT2D eigenvalue weighted by molar-refractivity contribution is 7.89. The van der Waals surface area contributed by atoms with Crippen LogP contribution < -0.4 is 5.32 Å². The van der Waals surface area contributed by atoms with Gasteiger partial charge in [0.2, 0.25) is 15.9 Å². The number of anilines is 1. The SMILES string of the molecule is CN(CCC(=O)Nc1cc(S(=O)(=O)N(C)C)ccc1Cl)Cc1cccc(C#N)c1. The van der Waals surface area contributed by atoms with E-state index >= 15 is 0 Å². The van der Waals surface area contributed by atoms with E-state index < -0.39 is 10.0 Å². The lowest BCUT2D eigenvalue weighted by Crippen LogP contribution is -2.24. The van der Waals surface area contributed by atoms with E-state index in [0.717, 1.165) is 9.87 Å². The lowest BCUT2D eigenvalue weighted by atomic mass is 10.1. The van der Waals surface area contributed by atoms with E-state index in [1.807, 2.05) is 30.1 Å². The van der Waals surface area contributed by atoms with E-state index in [1.54, 1.807) is 6.07 Å². The molecule has 0 aliphatic carbocycles. The summed E-state index contributed by atoms with van der Waals surface area (Å²) >= 11 is 6.11. The zero-order chi connectivity index (χ0) is 21.6. The van der Waals surface area contributed by atoms with Gasteiger partial charge in [-0.2, -0.15) is 5.26 Å². The minimum Gasteiger partial charge on any atom is -0.325 e. The smallest absolute Gasteiger partial charge is 0.242 e.